The molecule has 1 fully saturated rings. The smallest absolute Gasteiger partial charge is 0.527 e. The van der Waals surface area contributed by atoms with Gasteiger partial charge in [0.05, 0.1) is 13.5 Å². The minimum absolute atomic E-state index is 0. The number of ether oxygens (including phenoxy) is 1. The highest BCUT2D eigenvalue weighted by Crippen LogP contribution is 2.30. The van der Waals surface area contributed by atoms with Crippen molar-refractivity contribution in [3.8, 4) is 0 Å². The number of methoxy groups -OCH3 is 1. The zero-order valence-corrected chi connectivity index (χ0v) is 10.6. The Bertz CT molecular complexity index is 294. The molecule has 6 heteroatoms. The van der Waals surface area contributed by atoms with Gasteiger partial charge in [-0.2, -0.15) is 4.79 Å². The van der Waals surface area contributed by atoms with Crippen molar-refractivity contribution in [2.24, 2.45) is 0 Å². The van der Waals surface area contributed by atoms with Crippen LogP contribution in [-0.4, -0.2) is 34.3 Å². The summed E-state index contributed by atoms with van der Waals surface area (Å²) in [5.74, 6) is 0.809. The van der Waals surface area contributed by atoms with Crippen molar-refractivity contribution in [2.45, 2.75) is 11.8 Å². The molecule has 0 aromatic heterocycles. The van der Waals surface area contributed by atoms with Gasteiger partial charge in [-0.25, -0.2) is 0 Å². The van der Waals surface area contributed by atoms with Gasteiger partial charge >= 0.3 is 5.30 Å². The summed E-state index contributed by atoms with van der Waals surface area (Å²) in [6.07, 6.45) is 4.11. The molecule has 14 heavy (non-hydrogen) atoms. The summed E-state index contributed by atoms with van der Waals surface area (Å²) in [4.78, 5) is 24.0. The fraction of sp³-hybridized carbons (Fsp3) is 0.500. The standard InChI is InChI=1S/C8H10NO3S.HI/c1-12-8(11)13-4-2-3-9-6(10)5-7(9)13;/h2-3,7H,4-5H2,1H3;1H/q+1;/p-1/t7-,13?;/m1./s1. The van der Waals surface area contributed by atoms with Crippen molar-refractivity contribution in [3.05, 3.63) is 12.3 Å². The minimum Gasteiger partial charge on any atom is -1.00 e. The first kappa shape index (κ1) is 11.8. The Morgan fingerprint density at radius 1 is 1.71 bits per heavy atom. The highest BCUT2D eigenvalue weighted by molar-refractivity contribution is 8.11. The number of rotatable bonds is 0. The largest absolute Gasteiger partial charge is 1.00 e. The highest BCUT2D eigenvalue weighted by Gasteiger charge is 2.53. The molecular weight excluding hydrogens is 317 g/mol. The van der Waals surface area contributed by atoms with Crippen LogP contribution in [0.2, 0.25) is 0 Å². The van der Waals surface area contributed by atoms with Gasteiger partial charge in [0.2, 0.25) is 11.3 Å². The van der Waals surface area contributed by atoms with Crippen LogP contribution in [0.5, 0.6) is 0 Å². The summed E-state index contributed by atoms with van der Waals surface area (Å²) in [5, 5.41) is -0.114. The van der Waals surface area contributed by atoms with Gasteiger partial charge in [0, 0.05) is 6.20 Å². The number of hydrogen-bond acceptors (Lipinski definition) is 3. The summed E-state index contributed by atoms with van der Waals surface area (Å²) in [7, 11) is 0.946. The van der Waals surface area contributed by atoms with E-state index in [4.69, 9.17) is 0 Å². The lowest BCUT2D eigenvalue weighted by molar-refractivity contribution is -0.137. The van der Waals surface area contributed by atoms with Crippen molar-refractivity contribution in [3.63, 3.8) is 0 Å². The van der Waals surface area contributed by atoms with Gasteiger partial charge in [0.15, 0.2) is 0 Å². The van der Waals surface area contributed by atoms with Gasteiger partial charge < -0.3 is 28.7 Å². The molecular formula is C8H10INO3S. The lowest BCUT2D eigenvalue weighted by atomic mass is 10.2. The predicted molar refractivity (Wildman–Crippen MR) is 49.0 cm³/mol. The summed E-state index contributed by atoms with van der Waals surface area (Å²) in [6, 6.07) is 0. The van der Waals surface area contributed by atoms with Crippen molar-refractivity contribution in [1.82, 2.24) is 4.90 Å². The molecule has 0 N–H and O–H groups in total. The third kappa shape index (κ3) is 1.77. The SMILES string of the molecule is COC(=O)[S+]1CC=CN2C(=O)C[C@H]21.[I-]. The maximum Gasteiger partial charge on any atom is 0.527 e. The van der Waals surface area contributed by atoms with Crippen LogP contribution in [0.4, 0.5) is 4.79 Å². The van der Waals surface area contributed by atoms with E-state index in [0.29, 0.717) is 12.2 Å². The number of carbonyl (C=O) groups excluding carboxylic acids is 2. The van der Waals surface area contributed by atoms with Crippen molar-refractivity contribution >= 4 is 22.1 Å². The van der Waals surface area contributed by atoms with Gasteiger partial charge in [-0.15, -0.1) is 0 Å². The quantitative estimate of drug-likeness (QED) is 0.213. The maximum atomic E-state index is 11.3. The number of fused-ring (bicyclic) bond motifs is 1. The molecule has 1 amide bonds. The van der Waals surface area contributed by atoms with Crippen LogP contribution in [0.3, 0.4) is 0 Å². The summed E-state index contributed by atoms with van der Waals surface area (Å²) in [5.41, 5.74) is 0. The van der Waals surface area contributed by atoms with E-state index < -0.39 is 10.9 Å². The lowest BCUT2D eigenvalue weighted by Gasteiger charge is -2.36. The molecule has 2 atom stereocenters. The second-order valence-corrected chi connectivity index (χ2v) is 4.96. The van der Waals surface area contributed by atoms with E-state index in [1.165, 1.54) is 7.11 Å². The summed E-state index contributed by atoms with van der Waals surface area (Å²) < 4.78 is 4.68. The maximum absolute atomic E-state index is 11.3. The highest BCUT2D eigenvalue weighted by atomic mass is 127. The van der Waals surface area contributed by atoms with Gasteiger partial charge in [0.1, 0.15) is 16.6 Å². The Kier molecular flexibility index (Phi) is 3.82. The van der Waals surface area contributed by atoms with Crippen LogP contribution in [0, 0.1) is 0 Å². The Labute approximate surface area is 102 Å². The third-order valence-corrected chi connectivity index (χ3v) is 4.40. The Hall–Kier alpha value is -0.240. The second kappa shape index (κ2) is 4.52. The molecule has 0 bridgehead atoms. The molecule has 78 valence electrons. The molecule has 0 spiro atoms. The second-order valence-electron chi connectivity index (χ2n) is 2.89. The minimum atomic E-state index is -0.441. The summed E-state index contributed by atoms with van der Waals surface area (Å²) in [6.45, 7) is 0. The zero-order valence-electron chi connectivity index (χ0n) is 7.60. The average Bonchev–Trinajstić information content (AvgIpc) is 2.15. The molecule has 2 heterocycles. The summed E-state index contributed by atoms with van der Waals surface area (Å²) >= 11 is 0. The molecule has 0 aromatic carbocycles. The van der Waals surface area contributed by atoms with E-state index in [2.05, 4.69) is 4.74 Å². The number of carbonyl (C=O) groups is 2. The number of halogens is 1. The molecule has 2 aliphatic heterocycles. The van der Waals surface area contributed by atoms with E-state index in [1.807, 2.05) is 6.08 Å². The van der Waals surface area contributed by atoms with Crippen LogP contribution in [0.25, 0.3) is 0 Å². The fourth-order valence-corrected chi connectivity index (χ4v) is 3.37. The molecule has 2 rings (SSSR count). The van der Waals surface area contributed by atoms with Crippen LogP contribution in [-0.2, 0) is 20.4 Å². The third-order valence-electron chi connectivity index (χ3n) is 2.20. The van der Waals surface area contributed by atoms with E-state index in [9.17, 15) is 9.59 Å². The topological polar surface area (TPSA) is 46.6 Å². The zero-order chi connectivity index (χ0) is 9.42. The molecule has 0 aliphatic carbocycles. The number of hydrogen-bond donors (Lipinski definition) is 0. The predicted octanol–water partition coefficient (Wildman–Crippen LogP) is -2.54. The monoisotopic (exact) mass is 327 g/mol. The average molecular weight is 327 g/mol. The lowest BCUT2D eigenvalue weighted by Crippen LogP contribution is -3.00. The Morgan fingerprint density at radius 3 is 3.00 bits per heavy atom. The molecule has 0 radical (unpaired) electrons. The first-order valence-electron chi connectivity index (χ1n) is 3.99. The molecule has 2 aliphatic rings. The van der Waals surface area contributed by atoms with Gasteiger partial charge in [-0.05, 0) is 6.08 Å². The number of nitrogens with zero attached hydrogens (tertiary/aromatic N) is 1. The van der Waals surface area contributed by atoms with Crippen LogP contribution < -0.4 is 24.0 Å². The van der Waals surface area contributed by atoms with E-state index in [1.54, 1.807) is 11.1 Å². The molecule has 1 saturated heterocycles. The fourth-order valence-electron chi connectivity index (χ4n) is 1.48. The molecule has 1 unspecified atom stereocenters. The van der Waals surface area contributed by atoms with E-state index in [0.717, 1.165) is 0 Å². The van der Waals surface area contributed by atoms with Gasteiger partial charge in [-0.1, -0.05) is 0 Å². The normalized spacial score (nSPS) is 28.6. The van der Waals surface area contributed by atoms with Crippen molar-refractivity contribution < 1.29 is 38.3 Å². The van der Waals surface area contributed by atoms with Crippen molar-refractivity contribution in [1.29, 1.82) is 0 Å². The van der Waals surface area contributed by atoms with E-state index >= 15 is 0 Å². The number of amides is 1. The van der Waals surface area contributed by atoms with Crippen LogP contribution in [0.15, 0.2) is 12.3 Å². The van der Waals surface area contributed by atoms with Gasteiger partial charge in [-0.3, -0.25) is 9.69 Å². The van der Waals surface area contributed by atoms with Crippen LogP contribution >= 0.6 is 0 Å². The first-order valence-corrected chi connectivity index (χ1v) is 5.45. The van der Waals surface area contributed by atoms with Crippen LogP contribution in [0.1, 0.15) is 6.42 Å². The molecule has 0 aromatic rings. The number of β-lactam (4-membered cyclic amide) rings is 1. The first-order chi connectivity index (χ1) is 6.24. The van der Waals surface area contributed by atoms with Crippen molar-refractivity contribution in [2.75, 3.05) is 12.9 Å². The Balaban J connectivity index is 0.000000980. The van der Waals surface area contributed by atoms with E-state index in [-0.39, 0.29) is 40.6 Å². The molecule has 0 saturated carbocycles. The van der Waals surface area contributed by atoms with Gasteiger partial charge in [0.25, 0.3) is 0 Å². The Morgan fingerprint density at radius 2 is 2.43 bits per heavy atom. The molecule has 4 nitrogen and oxygen atoms in total.